The Morgan fingerprint density at radius 2 is 2.33 bits per heavy atom. The molecule has 0 amide bonds. The minimum absolute atomic E-state index is 0.0482. The number of hydrogen-bond acceptors (Lipinski definition) is 4. The molecule has 0 radical (unpaired) electrons. The van der Waals surface area contributed by atoms with Crippen molar-refractivity contribution in [3.05, 3.63) is 43.1 Å². The minimum atomic E-state index is -0.182. The molecule has 76 valence electrons. The number of aromatic nitrogens is 3. The van der Waals surface area contributed by atoms with Gasteiger partial charge in [0.05, 0.1) is 0 Å². The van der Waals surface area contributed by atoms with Crippen LogP contribution in [0.4, 0.5) is 0 Å². The van der Waals surface area contributed by atoms with E-state index in [2.05, 4.69) is 9.97 Å². The zero-order chi connectivity index (χ0) is 10.5. The van der Waals surface area contributed by atoms with E-state index in [0.29, 0.717) is 5.88 Å². The molecule has 0 atom stereocenters. The molecule has 2 aromatic heterocycles. The van der Waals surface area contributed by atoms with Gasteiger partial charge in [0.1, 0.15) is 6.33 Å². The molecule has 0 unspecified atom stereocenters. The number of carbonyl (C=O) groups excluding carboxylic acids is 1. The first-order valence-corrected chi connectivity index (χ1v) is 4.41. The second kappa shape index (κ2) is 4.36. The van der Waals surface area contributed by atoms with Crippen LogP contribution in [0.1, 0.15) is 4.79 Å². The van der Waals surface area contributed by atoms with Crippen molar-refractivity contribution >= 4 is 5.91 Å². The van der Waals surface area contributed by atoms with Gasteiger partial charge in [-0.25, -0.2) is 9.97 Å². The quantitative estimate of drug-likeness (QED) is 0.746. The highest BCUT2D eigenvalue weighted by Gasteiger charge is 2.04. The Bertz CT molecular complexity index is 425. The molecule has 2 heterocycles. The molecule has 0 aliphatic carbocycles. The topological polar surface area (TPSA) is 57.0 Å². The minimum Gasteiger partial charge on any atom is -0.468 e. The maximum Gasteiger partial charge on any atom is 0.269 e. The number of hydrogen-bond donors (Lipinski definition) is 0. The highest BCUT2D eigenvalue weighted by Crippen LogP contribution is 2.02. The van der Waals surface area contributed by atoms with E-state index in [0.717, 1.165) is 0 Å². The normalized spacial score (nSPS) is 9.87. The van der Waals surface area contributed by atoms with Crippen LogP contribution in [0.2, 0.25) is 0 Å². The van der Waals surface area contributed by atoms with Crippen molar-refractivity contribution < 1.29 is 9.53 Å². The molecule has 0 saturated heterocycles. The summed E-state index contributed by atoms with van der Waals surface area (Å²) in [5.41, 5.74) is 0. The lowest BCUT2D eigenvalue weighted by Crippen LogP contribution is -2.18. The maximum atomic E-state index is 11.4. The molecule has 0 aromatic carbocycles. The maximum absolute atomic E-state index is 11.4. The predicted molar refractivity (Wildman–Crippen MR) is 52.6 cm³/mol. The summed E-state index contributed by atoms with van der Waals surface area (Å²) in [4.78, 5) is 19.2. The molecule has 0 aliphatic heterocycles. The molecule has 2 aromatic rings. The van der Waals surface area contributed by atoms with Crippen LogP contribution in [0.3, 0.4) is 0 Å². The fourth-order valence-electron chi connectivity index (χ4n) is 1.05. The van der Waals surface area contributed by atoms with Gasteiger partial charge in [-0.1, -0.05) is 6.07 Å². The molecule has 0 N–H and O–H groups in total. The number of rotatable bonds is 3. The van der Waals surface area contributed by atoms with Crippen LogP contribution in [0.25, 0.3) is 0 Å². The van der Waals surface area contributed by atoms with Crippen LogP contribution in [0.15, 0.2) is 43.1 Å². The van der Waals surface area contributed by atoms with Gasteiger partial charge in [-0.3, -0.25) is 9.36 Å². The molecule has 15 heavy (non-hydrogen) atoms. The van der Waals surface area contributed by atoms with Gasteiger partial charge in [-0.05, 0) is 6.07 Å². The molecule has 2 rings (SSSR count). The van der Waals surface area contributed by atoms with Crippen molar-refractivity contribution in [2.24, 2.45) is 0 Å². The fourth-order valence-corrected chi connectivity index (χ4v) is 1.05. The van der Waals surface area contributed by atoms with E-state index in [1.54, 1.807) is 36.8 Å². The van der Waals surface area contributed by atoms with E-state index in [9.17, 15) is 4.79 Å². The molecule has 0 aliphatic rings. The molecule has 5 nitrogen and oxygen atoms in total. The standard InChI is InChI=1S/C10H9N3O2/c14-10(13-6-5-11-8-13)7-15-9-3-1-2-4-12-9/h1-6,8H,7H2. The predicted octanol–water partition coefficient (Wildman–Crippen LogP) is 0.997. The average Bonchev–Trinajstić information content (AvgIpc) is 2.81. The fraction of sp³-hybridized carbons (Fsp3) is 0.100. The Hall–Kier alpha value is -2.17. The highest BCUT2D eigenvalue weighted by atomic mass is 16.5. The summed E-state index contributed by atoms with van der Waals surface area (Å²) in [6.45, 7) is -0.0482. The van der Waals surface area contributed by atoms with Crippen molar-refractivity contribution in [3.63, 3.8) is 0 Å². The van der Waals surface area contributed by atoms with Crippen LogP contribution in [-0.2, 0) is 0 Å². The van der Waals surface area contributed by atoms with E-state index in [-0.39, 0.29) is 12.5 Å². The first-order valence-electron chi connectivity index (χ1n) is 4.41. The zero-order valence-corrected chi connectivity index (χ0v) is 7.91. The summed E-state index contributed by atoms with van der Waals surface area (Å²) >= 11 is 0. The van der Waals surface area contributed by atoms with Gasteiger partial charge in [0.2, 0.25) is 5.88 Å². The van der Waals surface area contributed by atoms with Gasteiger partial charge < -0.3 is 4.74 Å². The van der Waals surface area contributed by atoms with Crippen LogP contribution in [-0.4, -0.2) is 27.0 Å². The Balaban J connectivity index is 1.92. The first-order chi connectivity index (χ1) is 7.36. The Morgan fingerprint density at radius 1 is 1.40 bits per heavy atom. The van der Waals surface area contributed by atoms with Crippen molar-refractivity contribution in [2.45, 2.75) is 0 Å². The Kier molecular flexibility index (Phi) is 2.73. The summed E-state index contributed by atoms with van der Waals surface area (Å²) in [5.74, 6) is 0.254. The van der Waals surface area contributed by atoms with E-state index in [1.807, 2.05) is 0 Å². The van der Waals surface area contributed by atoms with E-state index in [1.165, 1.54) is 10.9 Å². The van der Waals surface area contributed by atoms with Crippen LogP contribution < -0.4 is 4.74 Å². The lowest BCUT2D eigenvalue weighted by atomic mass is 10.5. The van der Waals surface area contributed by atoms with Gasteiger partial charge in [0.25, 0.3) is 5.91 Å². The Labute approximate surface area is 86.4 Å². The smallest absolute Gasteiger partial charge is 0.269 e. The van der Waals surface area contributed by atoms with Gasteiger partial charge in [0.15, 0.2) is 6.61 Å². The summed E-state index contributed by atoms with van der Waals surface area (Å²) in [6, 6.07) is 5.27. The second-order valence-corrected chi connectivity index (χ2v) is 2.82. The third kappa shape index (κ3) is 2.40. The average molecular weight is 203 g/mol. The van der Waals surface area contributed by atoms with E-state index >= 15 is 0 Å². The van der Waals surface area contributed by atoms with E-state index < -0.39 is 0 Å². The SMILES string of the molecule is O=C(COc1ccccn1)n1ccnc1. The molecule has 0 spiro atoms. The monoisotopic (exact) mass is 203 g/mol. The number of nitrogens with zero attached hydrogens (tertiary/aromatic N) is 3. The number of pyridine rings is 1. The molecule has 0 saturated carbocycles. The number of imidazole rings is 1. The first kappa shape index (κ1) is 9.39. The van der Waals surface area contributed by atoms with E-state index in [4.69, 9.17) is 4.74 Å². The van der Waals surface area contributed by atoms with Crippen LogP contribution >= 0.6 is 0 Å². The summed E-state index contributed by atoms with van der Waals surface area (Å²) < 4.78 is 6.55. The third-order valence-corrected chi connectivity index (χ3v) is 1.77. The molecular weight excluding hydrogens is 194 g/mol. The van der Waals surface area contributed by atoms with Crippen molar-refractivity contribution in [2.75, 3.05) is 6.61 Å². The lowest BCUT2D eigenvalue weighted by Gasteiger charge is -2.03. The summed E-state index contributed by atoms with van der Waals surface area (Å²) in [5, 5.41) is 0. The second-order valence-electron chi connectivity index (χ2n) is 2.82. The lowest BCUT2D eigenvalue weighted by molar-refractivity contribution is 0.0834. The van der Waals surface area contributed by atoms with Gasteiger partial charge in [0, 0.05) is 24.7 Å². The van der Waals surface area contributed by atoms with Crippen molar-refractivity contribution in [3.8, 4) is 5.88 Å². The number of ether oxygens (including phenoxy) is 1. The largest absolute Gasteiger partial charge is 0.468 e. The zero-order valence-electron chi connectivity index (χ0n) is 7.91. The molecular formula is C10H9N3O2. The van der Waals surface area contributed by atoms with Crippen molar-refractivity contribution in [1.82, 2.24) is 14.5 Å². The summed E-state index contributed by atoms with van der Waals surface area (Å²) in [7, 11) is 0. The molecule has 5 heteroatoms. The summed E-state index contributed by atoms with van der Waals surface area (Å²) in [6.07, 6.45) is 6.16. The molecule has 0 bridgehead atoms. The highest BCUT2D eigenvalue weighted by molar-refractivity contribution is 5.80. The number of carbonyl (C=O) groups is 1. The Morgan fingerprint density at radius 3 is 3.00 bits per heavy atom. The van der Waals surface area contributed by atoms with Crippen molar-refractivity contribution in [1.29, 1.82) is 0 Å². The third-order valence-electron chi connectivity index (χ3n) is 1.77. The van der Waals surface area contributed by atoms with Gasteiger partial charge in [-0.15, -0.1) is 0 Å². The van der Waals surface area contributed by atoms with Gasteiger partial charge in [-0.2, -0.15) is 0 Å². The van der Waals surface area contributed by atoms with Crippen LogP contribution in [0.5, 0.6) is 5.88 Å². The van der Waals surface area contributed by atoms with Crippen LogP contribution in [0, 0.1) is 0 Å². The van der Waals surface area contributed by atoms with Gasteiger partial charge >= 0.3 is 0 Å². The molecule has 0 fully saturated rings.